The molecular formula is C16H20N4O2S. The molecule has 2 aromatic rings. The second kappa shape index (κ2) is 7.23. The third-order valence-corrected chi connectivity index (χ3v) is 3.59. The summed E-state index contributed by atoms with van der Waals surface area (Å²) in [5, 5.41) is 7.04. The Labute approximate surface area is 140 Å². The Hall–Kier alpha value is -2.41. The second-order valence-electron chi connectivity index (χ2n) is 5.51. The third-order valence-electron chi connectivity index (χ3n) is 3.39. The van der Waals surface area contributed by atoms with Gasteiger partial charge >= 0.3 is 0 Å². The summed E-state index contributed by atoms with van der Waals surface area (Å²) in [4.78, 5) is 12.1. The van der Waals surface area contributed by atoms with E-state index in [-0.39, 0.29) is 5.91 Å². The Bertz CT molecular complexity index is 688. The predicted octanol–water partition coefficient (Wildman–Crippen LogP) is 3.05. The number of amides is 1. The van der Waals surface area contributed by atoms with Gasteiger partial charge < -0.3 is 9.84 Å². The highest BCUT2D eigenvalue weighted by molar-refractivity contribution is 7.80. The van der Waals surface area contributed by atoms with E-state index >= 15 is 0 Å². The number of benzene rings is 1. The molecule has 23 heavy (non-hydrogen) atoms. The van der Waals surface area contributed by atoms with Crippen molar-refractivity contribution in [2.45, 2.75) is 33.6 Å². The quantitative estimate of drug-likeness (QED) is 0.592. The number of rotatable bonds is 3. The van der Waals surface area contributed by atoms with E-state index in [1.54, 1.807) is 13.8 Å². The number of nitrogens with one attached hydrogen (secondary N) is 3. The lowest BCUT2D eigenvalue weighted by atomic mass is 10.0. The molecule has 1 aromatic heterocycles. The molecule has 2 rings (SSSR count). The van der Waals surface area contributed by atoms with Crippen LogP contribution in [0.2, 0.25) is 0 Å². The fourth-order valence-electron chi connectivity index (χ4n) is 2.10. The highest BCUT2D eigenvalue weighted by Gasteiger charge is 2.17. The van der Waals surface area contributed by atoms with Crippen molar-refractivity contribution in [2.75, 3.05) is 5.32 Å². The van der Waals surface area contributed by atoms with Crippen molar-refractivity contribution in [1.29, 1.82) is 0 Å². The van der Waals surface area contributed by atoms with Gasteiger partial charge in [-0.3, -0.25) is 15.6 Å². The number of aryl methyl sites for hydroxylation is 2. The minimum atomic E-state index is -0.347. The number of hydrogen-bond acceptors (Lipinski definition) is 4. The Morgan fingerprint density at radius 2 is 1.83 bits per heavy atom. The van der Waals surface area contributed by atoms with Crippen molar-refractivity contribution in [2.24, 2.45) is 0 Å². The van der Waals surface area contributed by atoms with Crippen molar-refractivity contribution in [3.05, 3.63) is 46.8 Å². The van der Waals surface area contributed by atoms with Crippen molar-refractivity contribution < 1.29 is 9.32 Å². The summed E-state index contributed by atoms with van der Waals surface area (Å²) in [6.45, 7) is 7.66. The second-order valence-corrected chi connectivity index (χ2v) is 5.92. The van der Waals surface area contributed by atoms with Crippen molar-refractivity contribution in [1.82, 2.24) is 16.0 Å². The normalized spacial score (nSPS) is 10.5. The SMILES string of the molecule is Cc1noc(C)c1C(=O)NNC(=S)Nc1ccc(C(C)C)cc1. The molecule has 0 aliphatic rings. The molecule has 1 aromatic carbocycles. The highest BCUT2D eigenvalue weighted by atomic mass is 32.1. The first-order chi connectivity index (χ1) is 10.9. The van der Waals surface area contributed by atoms with E-state index in [1.165, 1.54) is 5.56 Å². The van der Waals surface area contributed by atoms with Crippen LogP contribution in [-0.4, -0.2) is 16.2 Å². The molecule has 0 spiro atoms. The molecule has 0 aliphatic heterocycles. The standard InChI is InChI=1S/C16H20N4O2S/c1-9(2)12-5-7-13(8-6-12)17-16(23)19-18-15(21)14-10(3)20-22-11(14)4/h5-9H,1-4H3,(H,18,21)(H2,17,19,23). The zero-order valence-corrected chi connectivity index (χ0v) is 14.4. The molecule has 0 unspecified atom stereocenters. The number of hydrogen-bond donors (Lipinski definition) is 3. The van der Waals surface area contributed by atoms with Crippen LogP contribution in [0.1, 0.15) is 47.1 Å². The van der Waals surface area contributed by atoms with E-state index in [0.717, 1.165) is 5.69 Å². The van der Waals surface area contributed by atoms with Crippen LogP contribution in [0.5, 0.6) is 0 Å². The summed E-state index contributed by atoms with van der Waals surface area (Å²) in [7, 11) is 0. The van der Waals surface area contributed by atoms with Crippen molar-refractivity contribution in [3.63, 3.8) is 0 Å². The molecule has 0 radical (unpaired) electrons. The van der Waals surface area contributed by atoms with Gasteiger partial charge in [0.05, 0.1) is 5.69 Å². The van der Waals surface area contributed by atoms with Gasteiger partial charge in [-0.05, 0) is 49.7 Å². The molecule has 6 nitrogen and oxygen atoms in total. The number of thiocarbonyl (C=S) groups is 1. The van der Waals surface area contributed by atoms with E-state index in [1.807, 2.05) is 24.3 Å². The summed E-state index contributed by atoms with van der Waals surface area (Å²) >= 11 is 5.16. The van der Waals surface area contributed by atoms with Crippen LogP contribution in [0.4, 0.5) is 5.69 Å². The summed E-state index contributed by atoms with van der Waals surface area (Å²) in [5.41, 5.74) is 8.22. The van der Waals surface area contributed by atoms with Gasteiger partial charge in [0.1, 0.15) is 11.3 Å². The fourth-order valence-corrected chi connectivity index (χ4v) is 2.27. The maximum absolute atomic E-state index is 12.1. The van der Waals surface area contributed by atoms with Gasteiger partial charge in [-0.1, -0.05) is 31.1 Å². The summed E-state index contributed by atoms with van der Waals surface area (Å²) in [6.07, 6.45) is 0. The molecule has 3 N–H and O–H groups in total. The monoisotopic (exact) mass is 332 g/mol. The molecule has 1 heterocycles. The van der Waals surface area contributed by atoms with Crippen LogP contribution in [0.15, 0.2) is 28.8 Å². The van der Waals surface area contributed by atoms with Crippen LogP contribution in [0, 0.1) is 13.8 Å². The molecule has 0 saturated carbocycles. The molecule has 1 amide bonds. The molecule has 7 heteroatoms. The summed E-state index contributed by atoms with van der Waals surface area (Å²) < 4.78 is 4.96. The van der Waals surface area contributed by atoms with E-state index in [0.29, 0.717) is 28.0 Å². The third kappa shape index (κ3) is 4.29. The largest absolute Gasteiger partial charge is 0.361 e. The van der Waals surface area contributed by atoms with Crippen molar-refractivity contribution in [3.8, 4) is 0 Å². The van der Waals surface area contributed by atoms with Crippen LogP contribution in [0.25, 0.3) is 0 Å². The number of carbonyl (C=O) groups excluding carboxylic acids is 1. The lowest BCUT2D eigenvalue weighted by molar-refractivity contribution is 0.0942. The van der Waals surface area contributed by atoms with Gasteiger partial charge in [0, 0.05) is 5.69 Å². The van der Waals surface area contributed by atoms with Crippen LogP contribution < -0.4 is 16.2 Å². The zero-order chi connectivity index (χ0) is 17.0. The molecule has 122 valence electrons. The predicted molar refractivity (Wildman–Crippen MR) is 93.3 cm³/mol. The van der Waals surface area contributed by atoms with Gasteiger partial charge in [-0.25, -0.2) is 0 Å². The molecule has 0 saturated heterocycles. The highest BCUT2D eigenvalue weighted by Crippen LogP contribution is 2.17. The Morgan fingerprint density at radius 1 is 1.17 bits per heavy atom. The fraction of sp³-hybridized carbons (Fsp3) is 0.312. The van der Waals surface area contributed by atoms with E-state index in [2.05, 4.69) is 35.2 Å². The smallest absolute Gasteiger partial charge is 0.275 e. The van der Waals surface area contributed by atoms with Crippen LogP contribution >= 0.6 is 12.2 Å². The number of anilines is 1. The Kier molecular flexibility index (Phi) is 5.33. The topological polar surface area (TPSA) is 79.2 Å². The summed E-state index contributed by atoms with van der Waals surface area (Å²) in [5.74, 6) is 0.592. The van der Waals surface area contributed by atoms with Gasteiger partial charge in [-0.2, -0.15) is 0 Å². The molecule has 0 aliphatic carbocycles. The maximum atomic E-state index is 12.1. The van der Waals surface area contributed by atoms with Crippen LogP contribution in [0.3, 0.4) is 0 Å². The first-order valence-electron chi connectivity index (χ1n) is 7.28. The first kappa shape index (κ1) is 17.0. The molecular weight excluding hydrogens is 312 g/mol. The van der Waals surface area contributed by atoms with Gasteiger partial charge in [0.15, 0.2) is 5.11 Å². The van der Waals surface area contributed by atoms with E-state index < -0.39 is 0 Å². The molecule has 0 fully saturated rings. The molecule has 0 atom stereocenters. The Morgan fingerprint density at radius 3 is 2.35 bits per heavy atom. The van der Waals surface area contributed by atoms with E-state index in [4.69, 9.17) is 16.7 Å². The number of hydrazine groups is 1. The first-order valence-corrected chi connectivity index (χ1v) is 7.69. The van der Waals surface area contributed by atoms with Crippen molar-refractivity contribution >= 4 is 28.9 Å². The zero-order valence-electron chi connectivity index (χ0n) is 13.6. The summed E-state index contributed by atoms with van der Waals surface area (Å²) in [6, 6.07) is 7.97. The lowest BCUT2D eigenvalue weighted by Gasteiger charge is -2.12. The van der Waals surface area contributed by atoms with Gasteiger partial charge in [0.2, 0.25) is 0 Å². The minimum Gasteiger partial charge on any atom is -0.361 e. The lowest BCUT2D eigenvalue weighted by Crippen LogP contribution is -2.44. The minimum absolute atomic E-state index is 0.294. The average molecular weight is 332 g/mol. The van der Waals surface area contributed by atoms with E-state index in [9.17, 15) is 4.79 Å². The maximum Gasteiger partial charge on any atom is 0.275 e. The molecule has 0 bridgehead atoms. The van der Waals surface area contributed by atoms with Gasteiger partial charge in [0.25, 0.3) is 5.91 Å². The number of carbonyl (C=O) groups is 1. The Balaban J connectivity index is 1.89. The average Bonchev–Trinajstić information content (AvgIpc) is 2.84. The number of aromatic nitrogens is 1. The van der Waals surface area contributed by atoms with Crippen LogP contribution in [-0.2, 0) is 0 Å². The number of nitrogens with zero attached hydrogens (tertiary/aromatic N) is 1. The van der Waals surface area contributed by atoms with Gasteiger partial charge in [-0.15, -0.1) is 0 Å².